The molecule has 0 aliphatic heterocycles. The number of aromatic nitrogens is 4. The van der Waals surface area contributed by atoms with Crippen LogP contribution in [0.2, 0.25) is 0 Å². The van der Waals surface area contributed by atoms with Crippen LogP contribution in [0.25, 0.3) is 5.69 Å². The number of nitrogens with two attached hydrogens (primary N) is 1. The lowest BCUT2D eigenvalue weighted by Gasteiger charge is -2.22. The third-order valence-electron chi connectivity index (χ3n) is 4.69. The van der Waals surface area contributed by atoms with E-state index >= 15 is 0 Å². The summed E-state index contributed by atoms with van der Waals surface area (Å²) in [5.74, 6) is -1.16. The molecule has 2 heterocycles. The van der Waals surface area contributed by atoms with Crippen LogP contribution in [0.15, 0.2) is 46.1 Å². The number of benzene rings is 1. The number of carbonyl (C=O) groups excluding carboxylic acids is 1. The second-order valence-electron chi connectivity index (χ2n) is 6.64. The Morgan fingerprint density at radius 3 is 2.63 bits per heavy atom. The van der Waals surface area contributed by atoms with Gasteiger partial charge in [0.05, 0.1) is 0 Å². The maximum Gasteiger partial charge on any atom is 0.330 e. The molecule has 3 aromatic rings. The van der Waals surface area contributed by atoms with Gasteiger partial charge in [-0.3, -0.25) is 24.0 Å². The van der Waals surface area contributed by atoms with E-state index in [2.05, 4.69) is 10.1 Å². The predicted octanol–water partition coefficient (Wildman–Crippen LogP) is 1.91. The molecule has 0 spiro atoms. The molecular formula is C20H23FN6O3. The summed E-state index contributed by atoms with van der Waals surface area (Å²) < 4.78 is 16.5. The van der Waals surface area contributed by atoms with E-state index in [9.17, 15) is 18.8 Å². The SMILES string of the molecule is CCCCn1c(N)c(N(CC)C(=O)c2ccn(-c3ccccc3F)n2)c(=O)[nH]c1=O. The molecule has 9 nitrogen and oxygen atoms in total. The fourth-order valence-corrected chi connectivity index (χ4v) is 3.13. The first-order valence-electron chi connectivity index (χ1n) is 9.64. The van der Waals surface area contributed by atoms with Gasteiger partial charge >= 0.3 is 5.69 Å². The molecule has 0 atom stereocenters. The van der Waals surface area contributed by atoms with Gasteiger partial charge in [0.15, 0.2) is 11.4 Å². The summed E-state index contributed by atoms with van der Waals surface area (Å²) in [6.45, 7) is 4.07. The average molecular weight is 414 g/mol. The smallest absolute Gasteiger partial charge is 0.330 e. The number of hydrogen-bond acceptors (Lipinski definition) is 5. The number of anilines is 2. The second-order valence-corrected chi connectivity index (χ2v) is 6.64. The number of aromatic amines is 1. The van der Waals surface area contributed by atoms with E-state index in [1.807, 2.05) is 6.92 Å². The molecule has 3 rings (SSSR count). The molecular weight excluding hydrogens is 391 g/mol. The van der Waals surface area contributed by atoms with Gasteiger partial charge in [-0.05, 0) is 31.5 Å². The number of unbranched alkanes of at least 4 members (excludes halogenated alkanes) is 1. The number of nitrogens with zero attached hydrogens (tertiary/aromatic N) is 4. The number of nitrogen functional groups attached to an aromatic ring is 1. The molecule has 0 fully saturated rings. The van der Waals surface area contributed by atoms with Gasteiger partial charge in [-0.25, -0.2) is 13.9 Å². The van der Waals surface area contributed by atoms with E-state index in [1.165, 1.54) is 33.6 Å². The number of halogens is 1. The number of nitrogens with one attached hydrogen (secondary N) is 1. The topological polar surface area (TPSA) is 119 Å². The summed E-state index contributed by atoms with van der Waals surface area (Å²) in [5.41, 5.74) is 4.81. The zero-order valence-corrected chi connectivity index (χ0v) is 16.8. The van der Waals surface area contributed by atoms with Crippen molar-refractivity contribution in [1.29, 1.82) is 0 Å². The summed E-state index contributed by atoms with van der Waals surface area (Å²) in [6, 6.07) is 7.45. The van der Waals surface area contributed by atoms with Gasteiger partial charge in [-0.1, -0.05) is 25.5 Å². The van der Waals surface area contributed by atoms with Crippen molar-refractivity contribution in [3.05, 3.63) is 68.9 Å². The zero-order chi connectivity index (χ0) is 21.8. The maximum absolute atomic E-state index is 14.0. The first-order chi connectivity index (χ1) is 14.4. The molecule has 30 heavy (non-hydrogen) atoms. The molecule has 0 aliphatic carbocycles. The number of hydrogen-bond donors (Lipinski definition) is 2. The minimum atomic E-state index is -0.756. The van der Waals surface area contributed by atoms with E-state index in [4.69, 9.17) is 5.73 Å². The normalized spacial score (nSPS) is 10.9. The van der Waals surface area contributed by atoms with E-state index in [0.29, 0.717) is 13.0 Å². The molecule has 0 aliphatic rings. The molecule has 0 radical (unpaired) electrons. The quantitative estimate of drug-likeness (QED) is 0.612. The molecule has 0 bridgehead atoms. The van der Waals surface area contributed by atoms with Crippen LogP contribution in [-0.2, 0) is 6.54 Å². The summed E-state index contributed by atoms with van der Waals surface area (Å²) in [7, 11) is 0. The largest absolute Gasteiger partial charge is 0.383 e. The van der Waals surface area contributed by atoms with Gasteiger partial charge in [-0.2, -0.15) is 5.10 Å². The number of carbonyl (C=O) groups is 1. The lowest BCUT2D eigenvalue weighted by molar-refractivity contribution is 0.0982. The van der Waals surface area contributed by atoms with Crippen molar-refractivity contribution >= 4 is 17.4 Å². The van der Waals surface area contributed by atoms with Crippen molar-refractivity contribution in [2.24, 2.45) is 0 Å². The van der Waals surface area contributed by atoms with Gasteiger partial charge in [0, 0.05) is 19.3 Å². The van der Waals surface area contributed by atoms with Crippen molar-refractivity contribution in [2.75, 3.05) is 17.2 Å². The van der Waals surface area contributed by atoms with Crippen LogP contribution >= 0.6 is 0 Å². The highest BCUT2D eigenvalue weighted by Crippen LogP contribution is 2.20. The Balaban J connectivity index is 2.01. The first-order valence-corrected chi connectivity index (χ1v) is 9.64. The Labute approximate surface area is 171 Å². The highest BCUT2D eigenvalue weighted by molar-refractivity contribution is 6.05. The van der Waals surface area contributed by atoms with E-state index < -0.39 is 23.0 Å². The van der Waals surface area contributed by atoms with E-state index in [-0.39, 0.29) is 29.4 Å². The van der Waals surface area contributed by atoms with E-state index in [0.717, 1.165) is 11.3 Å². The number of amides is 1. The molecule has 2 aromatic heterocycles. The van der Waals surface area contributed by atoms with Crippen LogP contribution < -0.4 is 21.9 Å². The van der Waals surface area contributed by atoms with Crippen LogP contribution in [0.3, 0.4) is 0 Å². The summed E-state index contributed by atoms with van der Waals surface area (Å²) in [4.78, 5) is 41.1. The van der Waals surface area contributed by atoms with Crippen molar-refractivity contribution in [3.8, 4) is 5.69 Å². The monoisotopic (exact) mass is 414 g/mol. The second kappa shape index (κ2) is 8.76. The summed E-state index contributed by atoms with van der Waals surface area (Å²) >= 11 is 0. The number of para-hydroxylation sites is 1. The Kier molecular flexibility index (Phi) is 6.14. The summed E-state index contributed by atoms with van der Waals surface area (Å²) in [6.07, 6.45) is 2.96. The maximum atomic E-state index is 14.0. The van der Waals surface area contributed by atoms with Crippen LogP contribution in [-0.4, -0.2) is 31.8 Å². The minimum Gasteiger partial charge on any atom is -0.383 e. The number of rotatable bonds is 7. The van der Waals surface area contributed by atoms with Crippen molar-refractivity contribution < 1.29 is 9.18 Å². The average Bonchev–Trinajstić information content (AvgIpc) is 3.20. The highest BCUT2D eigenvalue weighted by atomic mass is 19.1. The van der Waals surface area contributed by atoms with Crippen LogP contribution in [0, 0.1) is 5.82 Å². The standard InChI is InChI=1S/C20H23FN6O3/c1-3-5-11-26-17(22)16(18(28)23-20(26)30)25(4-2)19(29)14-10-12-27(24-14)15-9-7-6-8-13(15)21/h6-10,12H,3-5,11,22H2,1-2H3,(H,23,28,30). The molecule has 1 amide bonds. The third-order valence-corrected chi connectivity index (χ3v) is 4.69. The predicted molar refractivity (Wildman–Crippen MR) is 112 cm³/mol. The van der Waals surface area contributed by atoms with Crippen LogP contribution in [0.1, 0.15) is 37.2 Å². The minimum absolute atomic E-state index is 0.00483. The van der Waals surface area contributed by atoms with E-state index in [1.54, 1.807) is 19.1 Å². The molecule has 158 valence electrons. The Hall–Kier alpha value is -3.69. The number of H-pyrrole nitrogens is 1. The zero-order valence-electron chi connectivity index (χ0n) is 16.8. The van der Waals surface area contributed by atoms with Crippen molar-refractivity contribution in [1.82, 2.24) is 19.3 Å². The molecule has 10 heteroatoms. The first kappa shape index (κ1) is 21.0. The van der Waals surface area contributed by atoms with Gasteiger partial charge in [-0.15, -0.1) is 0 Å². The van der Waals surface area contributed by atoms with Gasteiger partial charge in [0.1, 0.15) is 17.3 Å². The lowest BCUT2D eigenvalue weighted by Crippen LogP contribution is -2.41. The fourth-order valence-electron chi connectivity index (χ4n) is 3.13. The highest BCUT2D eigenvalue weighted by Gasteiger charge is 2.25. The lowest BCUT2D eigenvalue weighted by atomic mass is 10.3. The van der Waals surface area contributed by atoms with Gasteiger partial charge in [0.25, 0.3) is 11.5 Å². The third kappa shape index (κ3) is 3.88. The van der Waals surface area contributed by atoms with Gasteiger partial charge in [0.2, 0.25) is 0 Å². The van der Waals surface area contributed by atoms with Crippen molar-refractivity contribution in [3.63, 3.8) is 0 Å². The van der Waals surface area contributed by atoms with Crippen LogP contribution in [0.5, 0.6) is 0 Å². The van der Waals surface area contributed by atoms with Crippen LogP contribution in [0.4, 0.5) is 15.9 Å². The van der Waals surface area contributed by atoms with Crippen molar-refractivity contribution in [2.45, 2.75) is 33.2 Å². The Morgan fingerprint density at radius 1 is 1.23 bits per heavy atom. The molecule has 0 saturated carbocycles. The molecule has 0 unspecified atom stereocenters. The molecule has 1 aromatic carbocycles. The van der Waals surface area contributed by atoms with Gasteiger partial charge < -0.3 is 5.73 Å². The molecule has 3 N–H and O–H groups in total. The molecule has 0 saturated heterocycles. The summed E-state index contributed by atoms with van der Waals surface area (Å²) in [5, 5.41) is 4.15. The Bertz CT molecular complexity index is 1180. The fraction of sp³-hybridized carbons (Fsp3) is 0.300. The Morgan fingerprint density at radius 2 is 1.97 bits per heavy atom.